The van der Waals surface area contributed by atoms with Crippen molar-refractivity contribution in [1.82, 2.24) is 4.98 Å². The van der Waals surface area contributed by atoms with Gasteiger partial charge in [0.1, 0.15) is 24.4 Å². The zero-order valence-electron chi connectivity index (χ0n) is 30.2. The Bertz CT molecular complexity index is 1770. The zero-order chi connectivity index (χ0) is 37.2. The molecular weight excluding hydrogens is 695 g/mol. The Morgan fingerprint density at radius 1 is 1.08 bits per heavy atom. The highest BCUT2D eigenvalue weighted by Gasteiger charge is 2.63. The molecule has 282 valence electrons. The molecule has 2 aromatic carbocycles. The molecule has 0 amide bonds. The van der Waals surface area contributed by atoms with Crippen molar-refractivity contribution in [3.8, 4) is 17.2 Å². The van der Waals surface area contributed by atoms with Crippen LogP contribution in [0, 0.1) is 27.9 Å². The summed E-state index contributed by atoms with van der Waals surface area (Å²) in [5.41, 5.74) is 4.05. The maximum absolute atomic E-state index is 11.5. The van der Waals surface area contributed by atoms with E-state index in [4.69, 9.17) is 19.0 Å². The first-order valence-electron chi connectivity index (χ1n) is 18.5. The summed E-state index contributed by atoms with van der Waals surface area (Å²) in [5.74, 6) is 1.29. The molecule has 2 heterocycles. The summed E-state index contributed by atoms with van der Waals surface area (Å²) in [4.78, 5) is 20.8. The first-order valence-corrected chi connectivity index (χ1v) is 19.5. The highest BCUT2D eigenvalue weighted by atomic mass is 32.2. The maximum Gasteiger partial charge on any atom is 0.273 e. The number of rotatable bonds is 19. The topological polar surface area (TPSA) is 146 Å². The third kappa shape index (κ3) is 8.62. The first kappa shape index (κ1) is 38.5. The summed E-state index contributed by atoms with van der Waals surface area (Å²) in [6.07, 6.45) is 14.0. The van der Waals surface area contributed by atoms with Crippen LogP contribution in [0.4, 0.5) is 5.69 Å². The number of pyridine rings is 1. The number of unbranched alkanes of at least 4 members (excludes halogenated alkanes) is 2. The number of ether oxygens (including phenoxy) is 3. The van der Waals surface area contributed by atoms with E-state index in [0.717, 1.165) is 54.7 Å². The van der Waals surface area contributed by atoms with Crippen LogP contribution in [-0.4, -0.2) is 69.6 Å². The van der Waals surface area contributed by atoms with Gasteiger partial charge in [0.25, 0.3) is 5.69 Å². The average molecular weight is 744 g/mol. The number of hydrogen-bond donors (Lipinski definition) is 2. The lowest BCUT2D eigenvalue weighted by atomic mass is 9.56. The molecule has 12 heteroatoms. The molecule has 1 aromatic heterocycles. The Labute approximate surface area is 315 Å². The highest BCUT2D eigenvalue weighted by Crippen LogP contribution is 2.62. The molecule has 6 rings (SSSR count). The molecule has 0 unspecified atom stereocenters. The molecule has 6 atom stereocenters. The van der Waals surface area contributed by atoms with Gasteiger partial charge in [-0.05, 0) is 97.2 Å². The number of hydrogen-bond acceptors (Lipinski definition) is 11. The van der Waals surface area contributed by atoms with E-state index in [0.29, 0.717) is 36.5 Å². The third-order valence-corrected chi connectivity index (χ3v) is 11.9. The van der Waals surface area contributed by atoms with Crippen LogP contribution >= 0.6 is 11.8 Å². The van der Waals surface area contributed by atoms with Crippen molar-refractivity contribution < 1.29 is 34.2 Å². The molecule has 0 radical (unpaired) electrons. The molecular formula is C41H49N3O8S. The minimum absolute atomic E-state index is 0.0516. The predicted octanol–water partition coefficient (Wildman–Crippen LogP) is 8.02. The summed E-state index contributed by atoms with van der Waals surface area (Å²) in [6.45, 7) is 4.53. The normalized spacial score (nSPS) is 25.1. The molecule has 0 spiro atoms. The van der Waals surface area contributed by atoms with Crippen molar-refractivity contribution in [3.05, 3.63) is 113 Å². The van der Waals surface area contributed by atoms with E-state index < -0.39 is 10.7 Å². The van der Waals surface area contributed by atoms with Crippen LogP contribution in [-0.2, 0) is 16.0 Å². The Morgan fingerprint density at radius 3 is 2.58 bits per heavy atom. The largest absolute Gasteiger partial charge is 0.460 e. The molecule has 1 saturated carbocycles. The summed E-state index contributed by atoms with van der Waals surface area (Å²) >= 11 is 1.81. The fraction of sp³-hybridized carbons (Fsp3) is 0.463. The lowest BCUT2D eigenvalue weighted by Crippen LogP contribution is -2.64. The number of fused-ring (bicyclic) bond motifs is 2. The number of aromatic nitrogens is 1. The van der Waals surface area contributed by atoms with Gasteiger partial charge in [-0.1, -0.05) is 36.2 Å². The van der Waals surface area contributed by atoms with Crippen LogP contribution in [0.1, 0.15) is 62.0 Å². The fourth-order valence-corrected chi connectivity index (χ4v) is 9.72. The van der Waals surface area contributed by atoms with E-state index in [1.165, 1.54) is 17.7 Å². The third-order valence-electron chi connectivity index (χ3n) is 10.5. The second kappa shape index (κ2) is 18.2. The highest BCUT2D eigenvalue weighted by molar-refractivity contribution is 8.00. The second-order valence-corrected chi connectivity index (χ2v) is 15.1. The van der Waals surface area contributed by atoms with E-state index in [1.807, 2.05) is 54.5 Å². The van der Waals surface area contributed by atoms with Crippen LogP contribution < -0.4 is 9.47 Å². The number of nitro benzene ring substituents is 1. The van der Waals surface area contributed by atoms with E-state index in [2.05, 4.69) is 22.8 Å². The van der Waals surface area contributed by atoms with Crippen molar-refractivity contribution >= 4 is 23.2 Å². The summed E-state index contributed by atoms with van der Waals surface area (Å²) in [6, 6.07) is 16.0. The molecule has 2 N–H and O–H groups in total. The van der Waals surface area contributed by atoms with Crippen molar-refractivity contribution in [2.45, 2.75) is 68.3 Å². The van der Waals surface area contributed by atoms with Crippen LogP contribution in [0.25, 0.3) is 0 Å². The van der Waals surface area contributed by atoms with Gasteiger partial charge in [0.05, 0.1) is 34.5 Å². The lowest BCUT2D eigenvalue weighted by molar-refractivity contribution is -0.384. The van der Waals surface area contributed by atoms with E-state index in [-0.39, 0.29) is 54.4 Å². The van der Waals surface area contributed by atoms with Gasteiger partial charge >= 0.3 is 0 Å². The minimum Gasteiger partial charge on any atom is -0.460 e. The van der Waals surface area contributed by atoms with Gasteiger partial charge in [-0.3, -0.25) is 15.1 Å². The van der Waals surface area contributed by atoms with Crippen LogP contribution in [0.5, 0.6) is 17.2 Å². The van der Waals surface area contributed by atoms with Crippen LogP contribution in [0.2, 0.25) is 0 Å². The molecule has 1 aliphatic heterocycles. The summed E-state index contributed by atoms with van der Waals surface area (Å²) in [5, 5.41) is 35.6. The molecule has 2 aliphatic carbocycles. The van der Waals surface area contributed by atoms with E-state index in [9.17, 15) is 20.3 Å². The number of oxime groups is 1. The van der Waals surface area contributed by atoms with Gasteiger partial charge in [-0.25, -0.2) is 0 Å². The minimum atomic E-state index is -1.07. The number of thioether (sulfide) groups is 1. The van der Waals surface area contributed by atoms with Crippen molar-refractivity contribution in [1.29, 1.82) is 0 Å². The summed E-state index contributed by atoms with van der Waals surface area (Å²) in [7, 11) is 1.58. The summed E-state index contributed by atoms with van der Waals surface area (Å²) < 4.78 is 20.4. The van der Waals surface area contributed by atoms with Gasteiger partial charge in [-0.15, -0.1) is 6.58 Å². The SMILES string of the molecule is C=CCO[C@@]12Oc3ccc(Oc4cccc([N+](=O)[O-])c4)cc3[C@H]3[C@H](CCCCO)[C@@H](CCCCO)C=C(C(=NOC)C[C@@H]1SCCc1ccncc1)[C@H]32. The molecule has 53 heavy (non-hydrogen) atoms. The average Bonchev–Trinajstić information content (AvgIpc) is 3.17. The molecule has 3 aromatic rings. The predicted molar refractivity (Wildman–Crippen MR) is 206 cm³/mol. The Balaban J connectivity index is 1.49. The molecule has 1 fully saturated rings. The van der Waals surface area contributed by atoms with E-state index >= 15 is 0 Å². The molecule has 3 aliphatic rings. The Kier molecular flexibility index (Phi) is 13.2. The van der Waals surface area contributed by atoms with Crippen molar-refractivity contribution in [2.24, 2.45) is 22.9 Å². The number of allylic oxidation sites excluding steroid dienone is 1. The maximum atomic E-state index is 11.5. The lowest BCUT2D eigenvalue weighted by Gasteiger charge is -2.58. The molecule has 11 nitrogen and oxygen atoms in total. The van der Waals surface area contributed by atoms with Crippen molar-refractivity contribution in [2.75, 3.05) is 32.7 Å². The number of aryl methyl sites for hydroxylation is 1. The molecule has 0 bridgehead atoms. The smallest absolute Gasteiger partial charge is 0.273 e. The second-order valence-electron chi connectivity index (χ2n) is 13.8. The number of benzene rings is 2. The quantitative estimate of drug-likeness (QED) is 0.0536. The zero-order valence-corrected chi connectivity index (χ0v) is 31.0. The number of aliphatic hydroxyl groups excluding tert-OH is 2. The number of nitro groups is 1. The Morgan fingerprint density at radius 2 is 1.85 bits per heavy atom. The van der Waals surface area contributed by atoms with Crippen LogP contribution in [0.3, 0.4) is 0 Å². The number of aliphatic hydroxyl groups is 2. The standard InChI is InChI=1S/C41H49N3O8S/c1-3-22-50-41-38(53-23-17-28-15-18-42-19-16-28)27-36(43-49-2)34-24-29(9-4-6-20-45)33(12-5-7-21-46)39(40(34)41)35-26-32(13-14-37(35)52-41)51-31-11-8-10-30(25-31)44(47)48/h3,8,10-11,13-16,18-19,24-26,29,33,38-40,45-46H,1,4-7,9,12,17,20-23,27H2,2H3/t29-,33+,38-,39+,40+,41+/m0/s1. The fourth-order valence-electron chi connectivity index (χ4n) is 8.31. The van der Waals surface area contributed by atoms with Crippen LogP contribution in [0.15, 0.2) is 96.5 Å². The monoisotopic (exact) mass is 743 g/mol. The van der Waals surface area contributed by atoms with Gasteiger partial charge in [0.15, 0.2) is 0 Å². The molecule has 0 saturated heterocycles. The van der Waals surface area contributed by atoms with Gasteiger partial charge in [0, 0.05) is 49.6 Å². The first-order chi connectivity index (χ1) is 25.9. The van der Waals surface area contributed by atoms with Gasteiger partial charge < -0.3 is 29.3 Å². The number of nitrogens with zero attached hydrogens (tertiary/aromatic N) is 3. The number of non-ortho nitro benzene ring substituents is 1. The van der Waals surface area contributed by atoms with Gasteiger partial charge in [0.2, 0.25) is 5.79 Å². The van der Waals surface area contributed by atoms with Gasteiger partial charge in [-0.2, -0.15) is 11.8 Å². The van der Waals surface area contributed by atoms with E-state index in [1.54, 1.807) is 25.3 Å². The Hall–Kier alpha value is -4.23. The van der Waals surface area contributed by atoms with Crippen molar-refractivity contribution in [3.63, 3.8) is 0 Å².